The van der Waals surface area contributed by atoms with Crippen molar-refractivity contribution in [3.05, 3.63) is 35.1 Å². The number of alkyl halides is 3. The smallest absolute Gasteiger partial charge is 0.416 e. The number of nitriles is 1. The predicted molar refractivity (Wildman–Crippen MR) is 109 cm³/mol. The summed E-state index contributed by atoms with van der Waals surface area (Å²) < 4.78 is 60.8. The van der Waals surface area contributed by atoms with Crippen molar-refractivity contribution in [2.45, 2.75) is 57.2 Å². The average Bonchev–Trinajstić information content (AvgIpc) is 2.68. The van der Waals surface area contributed by atoms with Crippen LogP contribution in [-0.4, -0.2) is 36.5 Å². The lowest BCUT2D eigenvalue weighted by molar-refractivity contribution is -0.157. The minimum Gasteiger partial charge on any atom is -0.481 e. The third-order valence-corrected chi connectivity index (χ3v) is 6.93. The first-order valence-electron chi connectivity index (χ1n) is 10.6. The highest BCUT2D eigenvalue weighted by molar-refractivity contribution is 5.92. The molecule has 1 aromatic carbocycles. The van der Waals surface area contributed by atoms with Gasteiger partial charge in [-0.1, -0.05) is 25.3 Å². The molecular weight excluding hydrogens is 428 g/mol. The van der Waals surface area contributed by atoms with E-state index in [1.54, 1.807) is 0 Å². The van der Waals surface area contributed by atoms with Crippen LogP contribution in [-0.2, 0) is 15.7 Å². The summed E-state index contributed by atoms with van der Waals surface area (Å²) in [5.41, 5.74) is -3.09. The molecule has 0 radical (unpaired) electrons. The Balaban J connectivity index is 2.31. The monoisotopic (exact) mass is 454 g/mol. The van der Waals surface area contributed by atoms with E-state index in [0.29, 0.717) is 6.07 Å². The summed E-state index contributed by atoms with van der Waals surface area (Å²) in [6.07, 6.45) is -2.16. The van der Waals surface area contributed by atoms with E-state index in [1.165, 1.54) is 14.0 Å². The number of ether oxygens (including phenoxy) is 1. The average molecular weight is 454 g/mol. The van der Waals surface area contributed by atoms with E-state index < -0.39 is 46.8 Å². The van der Waals surface area contributed by atoms with Gasteiger partial charge in [0.25, 0.3) is 0 Å². The minimum atomic E-state index is -4.91. The largest absolute Gasteiger partial charge is 0.481 e. The number of nitrogens with zero attached hydrogens (tertiary/aromatic N) is 2. The van der Waals surface area contributed by atoms with Gasteiger partial charge in [0.1, 0.15) is 5.82 Å². The Labute approximate surface area is 184 Å². The third-order valence-electron chi connectivity index (χ3n) is 6.93. The number of rotatable bonds is 7. The highest BCUT2D eigenvalue weighted by Gasteiger charge is 2.60. The molecule has 0 spiro atoms. The normalized spacial score (nSPS) is 28.5. The number of aliphatic carboxylic acids is 1. The zero-order chi connectivity index (χ0) is 23.7. The molecule has 174 valence electrons. The molecular formula is C23H26F4N2O3. The molecule has 2 aliphatic rings. The van der Waals surface area contributed by atoms with E-state index in [1.807, 2.05) is 6.07 Å². The Hall–Kier alpha value is -2.47. The van der Waals surface area contributed by atoms with Gasteiger partial charge in [-0.15, -0.1) is 0 Å². The van der Waals surface area contributed by atoms with Gasteiger partial charge in [-0.05, 0) is 43.4 Å². The van der Waals surface area contributed by atoms with Crippen LogP contribution in [0.2, 0.25) is 0 Å². The molecule has 4 unspecified atom stereocenters. The van der Waals surface area contributed by atoms with Crippen LogP contribution in [0, 0.1) is 34.4 Å². The molecule has 1 N–H and O–H groups in total. The molecule has 4 atom stereocenters. The van der Waals surface area contributed by atoms with Gasteiger partial charge in [-0.2, -0.15) is 18.4 Å². The van der Waals surface area contributed by atoms with E-state index in [2.05, 4.69) is 4.99 Å². The Morgan fingerprint density at radius 1 is 1.38 bits per heavy atom. The van der Waals surface area contributed by atoms with E-state index in [0.717, 1.165) is 31.4 Å². The molecule has 1 saturated carbocycles. The molecule has 1 aromatic rings. The summed E-state index contributed by atoms with van der Waals surface area (Å²) in [5.74, 6) is -4.86. The summed E-state index contributed by atoms with van der Waals surface area (Å²) in [6.45, 7) is 1.70. The maximum Gasteiger partial charge on any atom is 0.416 e. The second-order valence-electron chi connectivity index (χ2n) is 8.73. The minimum absolute atomic E-state index is 0.0152. The molecule has 32 heavy (non-hydrogen) atoms. The topological polar surface area (TPSA) is 82.7 Å². The van der Waals surface area contributed by atoms with Crippen molar-refractivity contribution >= 4 is 11.7 Å². The summed E-state index contributed by atoms with van der Waals surface area (Å²) in [6, 6.07) is 3.38. The summed E-state index contributed by atoms with van der Waals surface area (Å²) in [7, 11) is 1.45. The van der Waals surface area contributed by atoms with Gasteiger partial charge < -0.3 is 9.84 Å². The Morgan fingerprint density at radius 3 is 2.56 bits per heavy atom. The fourth-order valence-electron chi connectivity index (χ4n) is 5.21. The molecule has 0 saturated heterocycles. The van der Waals surface area contributed by atoms with Crippen LogP contribution in [0.3, 0.4) is 0 Å². The number of halogens is 4. The Bertz CT molecular complexity index is 936. The van der Waals surface area contributed by atoms with Crippen LogP contribution in [0.15, 0.2) is 23.2 Å². The van der Waals surface area contributed by atoms with Gasteiger partial charge in [0.2, 0.25) is 0 Å². The molecule has 1 heterocycles. The maximum atomic E-state index is 14.0. The van der Waals surface area contributed by atoms with Crippen molar-refractivity contribution in [3.63, 3.8) is 0 Å². The van der Waals surface area contributed by atoms with Gasteiger partial charge >= 0.3 is 12.1 Å². The molecule has 1 aliphatic heterocycles. The predicted octanol–water partition coefficient (Wildman–Crippen LogP) is 5.21. The second kappa shape index (κ2) is 9.18. The SMILES string of the molecule is COCCC1N=C(C)C(C#N)C(c2ccc(F)cc2C(F)(F)F)C1(CC1CCC1)C(=O)O. The molecule has 1 aliphatic carbocycles. The van der Waals surface area contributed by atoms with Crippen molar-refractivity contribution in [1.82, 2.24) is 0 Å². The number of methoxy groups -OCH3 is 1. The van der Waals surface area contributed by atoms with Gasteiger partial charge in [-0.25, -0.2) is 4.39 Å². The van der Waals surface area contributed by atoms with E-state index in [-0.39, 0.29) is 36.6 Å². The lowest BCUT2D eigenvalue weighted by Gasteiger charge is -2.49. The Kier molecular flexibility index (Phi) is 6.94. The van der Waals surface area contributed by atoms with Gasteiger partial charge in [0.15, 0.2) is 0 Å². The zero-order valence-corrected chi connectivity index (χ0v) is 18.0. The van der Waals surface area contributed by atoms with Crippen LogP contribution >= 0.6 is 0 Å². The second-order valence-corrected chi connectivity index (χ2v) is 8.73. The number of benzene rings is 1. The van der Waals surface area contributed by atoms with Crippen LogP contribution in [0.5, 0.6) is 0 Å². The molecule has 1 fully saturated rings. The number of carbonyl (C=O) groups is 1. The van der Waals surface area contributed by atoms with Crippen molar-refractivity contribution in [2.24, 2.45) is 22.2 Å². The molecule has 0 amide bonds. The molecule has 3 rings (SSSR count). The lowest BCUT2D eigenvalue weighted by atomic mass is 9.54. The van der Waals surface area contributed by atoms with Crippen LogP contribution in [0.25, 0.3) is 0 Å². The standard InChI is InChI=1S/C23H26F4N2O3/c1-13-17(12-28)20(16-7-6-15(24)10-18(16)23(25,26)27)22(21(30)31,11-14-4-3-5-14)19(29-13)8-9-32-2/h6-7,10,14,17,19-20H,3-5,8-9,11H2,1-2H3,(H,30,31). The molecule has 9 heteroatoms. The highest BCUT2D eigenvalue weighted by Crippen LogP contribution is 2.56. The number of hydrogen-bond donors (Lipinski definition) is 1. The lowest BCUT2D eigenvalue weighted by Crippen LogP contribution is -2.55. The van der Waals surface area contributed by atoms with Crippen LogP contribution in [0.1, 0.15) is 56.1 Å². The van der Waals surface area contributed by atoms with Gasteiger partial charge in [0, 0.05) is 25.3 Å². The summed E-state index contributed by atoms with van der Waals surface area (Å²) in [5, 5.41) is 20.5. The highest BCUT2D eigenvalue weighted by atomic mass is 19.4. The molecule has 0 aromatic heterocycles. The molecule has 0 bridgehead atoms. The number of carboxylic acid groups (broad SMARTS) is 1. The van der Waals surface area contributed by atoms with Crippen molar-refractivity contribution in [1.29, 1.82) is 5.26 Å². The third kappa shape index (κ3) is 4.25. The van der Waals surface area contributed by atoms with Crippen LogP contribution in [0.4, 0.5) is 17.6 Å². The van der Waals surface area contributed by atoms with Crippen molar-refractivity contribution in [2.75, 3.05) is 13.7 Å². The first-order chi connectivity index (χ1) is 15.1. The van der Waals surface area contributed by atoms with Gasteiger partial charge in [0.05, 0.1) is 29.0 Å². The van der Waals surface area contributed by atoms with Crippen molar-refractivity contribution < 1.29 is 32.2 Å². The van der Waals surface area contributed by atoms with Crippen molar-refractivity contribution in [3.8, 4) is 6.07 Å². The number of aliphatic imine (C=N–C) groups is 1. The Morgan fingerprint density at radius 2 is 2.06 bits per heavy atom. The van der Waals surface area contributed by atoms with E-state index >= 15 is 0 Å². The van der Waals surface area contributed by atoms with E-state index in [4.69, 9.17) is 4.74 Å². The maximum absolute atomic E-state index is 14.0. The fourth-order valence-corrected chi connectivity index (χ4v) is 5.21. The zero-order valence-electron chi connectivity index (χ0n) is 18.0. The molecule has 5 nitrogen and oxygen atoms in total. The van der Waals surface area contributed by atoms with Gasteiger partial charge in [-0.3, -0.25) is 9.79 Å². The number of hydrogen-bond acceptors (Lipinski definition) is 4. The van der Waals surface area contributed by atoms with Crippen LogP contribution < -0.4 is 0 Å². The first kappa shape index (κ1) is 24.2. The summed E-state index contributed by atoms with van der Waals surface area (Å²) >= 11 is 0. The van der Waals surface area contributed by atoms with E-state index in [9.17, 15) is 32.7 Å². The summed E-state index contributed by atoms with van der Waals surface area (Å²) in [4.78, 5) is 17.5. The number of carboxylic acids is 1. The quantitative estimate of drug-likeness (QED) is 0.574. The first-order valence-corrected chi connectivity index (χ1v) is 10.6. The fraction of sp³-hybridized carbons (Fsp3) is 0.609.